The van der Waals surface area contributed by atoms with E-state index in [0.29, 0.717) is 12.8 Å². The van der Waals surface area contributed by atoms with Crippen LogP contribution in [0.1, 0.15) is 130 Å². The van der Waals surface area contributed by atoms with Crippen LogP contribution >= 0.6 is 0 Å². The zero-order valence-electron chi connectivity index (χ0n) is 19.9. The molecule has 1 amide bonds. The summed E-state index contributed by atoms with van der Waals surface area (Å²) in [4.78, 5) is 22.9. The number of carbonyl (C=O) groups excluding carboxylic acids is 2. The van der Waals surface area contributed by atoms with Gasteiger partial charge < -0.3 is 15.2 Å². The van der Waals surface area contributed by atoms with E-state index in [1.807, 2.05) is 13.8 Å². The molecule has 0 heterocycles. The average Bonchev–Trinajstić information content (AvgIpc) is 2.64. The molecule has 1 atom stereocenters. The molecule has 0 aliphatic heterocycles. The Morgan fingerprint density at radius 1 is 0.724 bits per heavy atom. The number of carboxylic acids is 1. The van der Waals surface area contributed by atoms with Gasteiger partial charge in [0.25, 0.3) is 0 Å². The smallest absolute Gasteiger partial charge is 0.548 e. The fraction of sp³-hybridized carbons (Fsp3) is 0.917. The Morgan fingerprint density at radius 2 is 1.10 bits per heavy atom. The third-order valence-electron chi connectivity index (χ3n) is 5.33. The van der Waals surface area contributed by atoms with Crippen molar-refractivity contribution in [2.24, 2.45) is 5.92 Å². The molecule has 0 rings (SSSR count). The van der Waals surface area contributed by atoms with Crippen molar-refractivity contribution >= 4 is 11.9 Å². The minimum Gasteiger partial charge on any atom is -0.548 e. The topological polar surface area (TPSA) is 69.2 Å². The number of nitrogens with one attached hydrogen (secondary N) is 1. The maximum absolute atomic E-state index is 11.9. The Bertz CT molecular complexity index is 388. The number of rotatable bonds is 20. The second kappa shape index (κ2) is 22.6. The number of hydrogen-bond acceptors (Lipinski definition) is 3. The zero-order valence-corrected chi connectivity index (χ0v) is 21.9. The number of carboxylic acid groups (broad SMARTS) is 1. The van der Waals surface area contributed by atoms with Gasteiger partial charge >= 0.3 is 29.6 Å². The predicted molar refractivity (Wildman–Crippen MR) is 116 cm³/mol. The molecule has 0 unspecified atom stereocenters. The van der Waals surface area contributed by atoms with Gasteiger partial charge in [0.2, 0.25) is 5.91 Å². The second-order valence-corrected chi connectivity index (χ2v) is 8.77. The SMILES string of the molecule is CCCCCCCCCCCCCCCCCC(=O)N[C@@H](CC(C)C)C(=O)[O-].[Na+]. The number of unbranched alkanes of at least 4 members (excludes halogenated alkanes) is 14. The van der Waals surface area contributed by atoms with E-state index in [1.54, 1.807) is 0 Å². The van der Waals surface area contributed by atoms with E-state index in [-0.39, 0.29) is 41.4 Å². The molecule has 1 N–H and O–H groups in total. The van der Waals surface area contributed by atoms with Gasteiger partial charge in [0, 0.05) is 6.42 Å². The minimum atomic E-state index is -1.18. The molecule has 4 nitrogen and oxygen atoms in total. The molecular weight excluding hydrogens is 373 g/mol. The summed E-state index contributed by atoms with van der Waals surface area (Å²) in [7, 11) is 0. The van der Waals surface area contributed by atoms with Gasteiger partial charge in [-0.1, -0.05) is 111 Å². The normalized spacial score (nSPS) is 11.9. The van der Waals surface area contributed by atoms with E-state index in [2.05, 4.69) is 12.2 Å². The summed E-state index contributed by atoms with van der Waals surface area (Å²) in [5, 5.41) is 13.7. The molecule has 5 heteroatoms. The molecular formula is C24H46NNaO3. The molecule has 0 spiro atoms. The maximum atomic E-state index is 11.9. The zero-order chi connectivity index (χ0) is 21.0. The van der Waals surface area contributed by atoms with Crippen LogP contribution in [0.3, 0.4) is 0 Å². The summed E-state index contributed by atoms with van der Waals surface area (Å²) in [6.45, 7) is 6.15. The first-order valence-electron chi connectivity index (χ1n) is 12.0. The van der Waals surface area contributed by atoms with Crippen LogP contribution < -0.4 is 40.0 Å². The standard InChI is InChI=1S/C24H47NO3.Na/c1-4-5-6-7-8-9-10-11-12-13-14-15-16-17-18-19-23(26)25-22(24(27)28)20-21(2)3;/h21-22H,4-20H2,1-3H3,(H,25,26)(H,27,28);/q;+1/p-1/t22-;/m0./s1. The van der Waals surface area contributed by atoms with Crippen molar-refractivity contribution in [2.45, 2.75) is 136 Å². The van der Waals surface area contributed by atoms with Crippen LogP contribution in [0.2, 0.25) is 0 Å². The van der Waals surface area contributed by atoms with E-state index in [4.69, 9.17) is 0 Å². The molecule has 0 bridgehead atoms. The first-order chi connectivity index (χ1) is 13.5. The summed E-state index contributed by atoms with van der Waals surface area (Å²) < 4.78 is 0. The molecule has 166 valence electrons. The Balaban J connectivity index is 0. The van der Waals surface area contributed by atoms with Gasteiger partial charge in [0.05, 0.1) is 12.0 Å². The summed E-state index contributed by atoms with van der Waals surface area (Å²) >= 11 is 0. The Labute approximate surface area is 202 Å². The summed E-state index contributed by atoms with van der Waals surface area (Å²) in [6.07, 6.45) is 20.3. The van der Waals surface area contributed by atoms with E-state index in [1.165, 1.54) is 83.5 Å². The van der Waals surface area contributed by atoms with Gasteiger partial charge in [-0.05, 0) is 18.8 Å². The maximum Gasteiger partial charge on any atom is 1.00 e. The molecule has 29 heavy (non-hydrogen) atoms. The quantitative estimate of drug-likeness (QED) is 0.244. The van der Waals surface area contributed by atoms with Crippen LogP contribution in [0.25, 0.3) is 0 Å². The molecule has 0 aromatic rings. The van der Waals surface area contributed by atoms with Gasteiger partial charge in [0.15, 0.2) is 0 Å². The summed E-state index contributed by atoms with van der Waals surface area (Å²) in [6, 6.07) is -0.858. The minimum absolute atomic E-state index is 0. The fourth-order valence-electron chi connectivity index (χ4n) is 3.61. The van der Waals surface area contributed by atoms with Crippen molar-refractivity contribution in [1.82, 2.24) is 5.32 Å². The molecule has 0 fully saturated rings. The van der Waals surface area contributed by atoms with Gasteiger partial charge in [-0.2, -0.15) is 0 Å². The van der Waals surface area contributed by atoms with Crippen molar-refractivity contribution in [1.29, 1.82) is 0 Å². The first kappa shape index (κ1) is 31.1. The summed E-state index contributed by atoms with van der Waals surface area (Å²) in [5.74, 6) is -1.13. The molecule has 0 aliphatic rings. The monoisotopic (exact) mass is 419 g/mol. The molecule has 0 aromatic carbocycles. The fourth-order valence-corrected chi connectivity index (χ4v) is 3.61. The Hall–Kier alpha value is -0.0600. The van der Waals surface area contributed by atoms with Crippen LogP contribution in [0.5, 0.6) is 0 Å². The van der Waals surface area contributed by atoms with E-state index < -0.39 is 12.0 Å². The van der Waals surface area contributed by atoms with Crippen LogP contribution in [0.4, 0.5) is 0 Å². The van der Waals surface area contributed by atoms with Crippen LogP contribution in [0, 0.1) is 5.92 Å². The van der Waals surface area contributed by atoms with Crippen molar-refractivity contribution in [3.05, 3.63) is 0 Å². The molecule has 0 radical (unpaired) electrons. The van der Waals surface area contributed by atoms with Gasteiger partial charge in [-0.15, -0.1) is 0 Å². The van der Waals surface area contributed by atoms with Crippen LogP contribution in [0.15, 0.2) is 0 Å². The largest absolute Gasteiger partial charge is 1.00 e. The van der Waals surface area contributed by atoms with E-state index in [0.717, 1.165) is 12.8 Å². The van der Waals surface area contributed by atoms with Gasteiger partial charge in [0.1, 0.15) is 0 Å². The van der Waals surface area contributed by atoms with Crippen molar-refractivity contribution < 1.29 is 44.3 Å². The first-order valence-corrected chi connectivity index (χ1v) is 12.0. The van der Waals surface area contributed by atoms with Crippen molar-refractivity contribution in [3.63, 3.8) is 0 Å². The predicted octanol–water partition coefficient (Wildman–Crippen LogP) is 2.53. The second-order valence-electron chi connectivity index (χ2n) is 8.77. The third kappa shape index (κ3) is 22.4. The van der Waals surface area contributed by atoms with Gasteiger partial charge in [-0.3, -0.25) is 4.79 Å². The molecule has 0 saturated carbocycles. The third-order valence-corrected chi connectivity index (χ3v) is 5.33. The molecule has 0 saturated heterocycles. The number of aliphatic carboxylic acids is 1. The van der Waals surface area contributed by atoms with Crippen molar-refractivity contribution in [2.75, 3.05) is 0 Å². The van der Waals surface area contributed by atoms with Gasteiger partial charge in [-0.25, -0.2) is 0 Å². The Morgan fingerprint density at radius 3 is 1.45 bits per heavy atom. The Kier molecular flexibility index (Phi) is 24.3. The van der Waals surface area contributed by atoms with E-state index in [9.17, 15) is 14.7 Å². The van der Waals surface area contributed by atoms with E-state index >= 15 is 0 Å². The number of hydrogen-bond donors (Lipinski definition) is 1. The average molecular weight is 420 g/mol. The van der Waals surface area contributed by atoms with Crippen LogP contribution in [-0.4, -0.2) is 17.9 Å². The van der Waals surface area contributed by atoms with Crippen LogP contribution in [-0.2, 0) is 9.59 Å². The molecule has 0 aromatic heterocycles. The number of amides is 1. The van der Waals surface area contributed by atoms with Crippen molar-refractivity contribution in [3.8, 4) is 0 Å². The summed E-state index contributed by atoms with van der Waals surface area (Å²) in [5.41, 5.74) is 0. The molecule has 0 aliphatic carbocycles. The number of carbonyl (C=O) groups is 2.